The maximum Gasteiger partial charge on any atom is 0.250 e. The van der Waals surface area contributed by atoms with Crippen LogP contribution in [0.3, 0.4) is 0 Å². The zero-order chi connectivity index (χ0) is 20.8. The molecule has 3 N–H and O–H groups in total. The summed E-state index contributed by atoms with van der Waals surface area (Å²) in [4.78, 5) is 35.4. The molecule has 1 aliphatic heterocycles. The van der Waals surface area contributed by atoms with Crippen LogP contribution in [0.25, 0.3) is 32.5 Å². The summed E-state index contributed by atoms with van der Waals surface area (Å²) >= 11 is 1.36. The Labute approximate surface area is 176 Å². The van der Waals surface area contributed by atoms with Crippen LogP contribution >= 0.6 is 11.3 Å². The van der Waals surface area contributed by atoms with Crippen molar-refractivity contribution in [3.8, 4) is 10.6 Å². The van der Waals surface area contributed by atoms with E-state index in [1.165, 1.54) is 11.3 Å². The summed E-state index contributed by atoms with van der Waals surface area (Å²) in [5.41, 5.74) is 10.9. The largest absolute Gasteiger partial charge is 0.378 e. The number of carbonyl (C=O) groups is 2. The monoisotopic (exact) mass is 420 g/mol. The molecule has 0 bridgehead atoms. The van der Waals surface area contributed by atoms with Crippen molar-refractivity contribution in [3.05, 3.63) is 46.3 Å². The van der Waals surface area contributed by atoms with E-state index in [-0.39, 0.29) is 0 Å². The third-order valence-electron chi connectivity index (χ3n) is 5.49. The summed E-state index contributed by atoms with van der Waals surface area (Å²) in [7, 11) is 0. The molecule has 1 aromatic carbocycles. The van der Waals surface area contributed by atoms with E-state index in [2.05, 4.69) is 22.0 Å². The predicted octanol–water partition coefficient (Wildman–Crippen LogP) is 3.50. The van der Waals surface area contributed by atoms with Gasteiger partial charge in [-0.25, -0.2) is 4.98 Å². The fourth-order valence-corrected chi connectivity index (χ4v) is 4.87. The highest BCUT2D eigenvalue weighted by Gasteiger charge is 2.19. The van der Waals surface area contributed by atoms with E-state index < -0.39 is 5.91 Å². The number of primary amides is 1. The molecule has 0 saturated carbocycles. The van der Waals surface area contributed by atoms with Gasteiger partial charge in [-0.1, -0.05) is 0 Å². The average molecular weight is 420 g/mol. The van der Waals surface area contributed by atoms with Crippen LogP contribution in [0.15, 0.2) is 30.3 Å². The quantitative estimate of drug-likeness (QED) is 0.492. The molecule has 7 nitrogen and oxygen atoms in total. The number of H-pyrrole nitrogens is 1. The van der Waals surface area contributed by atoms with Gasteiger partial charge in [-0.3, -0.25) is 9.59 Å². The minimum absolute atomic E-state index is 0.387. The number of nitrogens with two attached hydrogens (primary N) is 1. The SMILES string of the molecule is Cc1cc(-c2cc(C(N)=O)c3[nH]c4cc(N5CCOCC5)ccc4c3n2)sc1C=O. The van der Waals surface area contributed by atoms with Gasteiger partial charge in [0.25, 0.3) is 5.91 Å². The number of amides is 1. The average Bonchev–Trinajstić information content (AvgIpc) is 3.32. The number of benzene rings is 1. The molecule has 0 atom stereocenters. The minimum atomic E-state index is -0.521. The zero-order valence-electron chi connectivity index (χ0n) is 16.4. The Kier molecular flexibility index (Phi) is 4.52. The highest BCUT2D eigenvalue weighted by Crippen LogP contribution is 2.35. The first-order valence-electron chi connectivity index (χ1n) is 9.70. The number of hydrogen-bond donors (Lipinski definition) is 2. The van der Waals surface area contributed by atoms with Crippen LogP contribution in [0.4, 0.5) is 5.69 Å². The second-order valence-electron chi connectivity index (χ2n) is 7.37. The molecule has 30 heavy (non-hydrogen) atoms. The topological polar surface area (TPSA) is 101 Å². The van der Waals surface area contributed by atoms with Gasteiger partial charge in [-0.15, -0.1) is 11.3 Å². The van der Waals surface area contributed by atoms with Crippen LogP contribution in [-0.2, 0) is 4.74 Å². The van der Waals surface area contributed by atoms with Crippen LogP contribution in [0, 0.1) is 6.92 Å². The number of aromatic amines is 1. The van der Waals surface area contributed by atoms with E-state index in [4.69, 9.17) is 15.5 Å². The highest BCUT2D eigenvalue weighted by molar-refractivity contribution is 7.17. The maximum absolute atomic E-state index is 12.2. The summed E-state index contributed by atoms with van der Waals surface area (Å²) in [5.74, 6) is -0.521. The van der Waals surface area contributed by atoms with Crippen molar-refractivity contribution >= 4 is 51.2 Å². The van der Waals surface area contributed by atoms with Crippen LogP contribution in [-0.4, -0.2) is 48.5 Å². The third kappa shape index (κ3) is 3.05. The summed E-state index contributed by atoms with van der Waals surface area (Å²) < 4.78 is 5.44. The summed E-state index contributed by atoms with van der Waals surface area (Å²) in [6.45, 7) is 5.00. The van der Waals surface area contributed by atoms with Crippen molar-refractivity contribution in [1.82, 2.24) is 9.97 Å². The number of hydrogen-bond acceptors (Lipinski definition) is 6. The summed E-state index contributed by atoms with van der Waals surface area (Å²) in [6, 6.07) is 9.78. The Morgan fingerprint density at radius 1 is 1.27 bits per heavy atom. The molecule has 5 rings (SSSR count). The molecular weight excluding hydrogens is 400 g/mol. The number of ether oxygens (including phenoxy) is 1. The lowest BCUT2D eigenvalue weighted by atomic mass is 10.1. The fraction of sp³-hybridized carbons (Fsp3) is 0.227. The number of anilines is 1. The van der Waals surface area contributed by atoms with Crippen molar-refractivity contribution in [2.75, 3.05) is 31.2 Å². The van der Waals surface area contributed by atoms with Crippen molar-refractivity contribution < 1.29 is 14.3 Å². The third-order valence-corrected chi connectivity index (χ3v) is 6.68. The molecule has 1 fully saturated rings. The summed E-state index contributed by atoms with van der Waals surface area (Å²) in [5, 5.41) is 0.926. The smallest absolute Gasteiger partial charge is 0.250 e. The standard InChI is InChI=1S/C22H20N4O3S/c1-12-8-18(30-19(12)11-27)17-10-15(22(23)28)21-20(25-17)14-3-2-13(9-16(14)24-21)26-4-6-29-7-5-26/h2-3,8-11,24H,4-7H2,1H3,(H2,23,28). The number of fused-ring (bicyclic) bond motifs is 3. The molecule has 4 aromatic rings. The van der Waals surface area contributed by atoms with Crippen LogP contribution in [0.1, 0.15) is 25.6 Å². The van der Waals surface area contributed by atoms with E-state index in [1.54, 1.807) is 6.07 Å². The van der Waals surface area contributed by atoms with Gasteiger partial charge in [-0.05, 0) is 42.8 Å². The van der Waals surface area contributed by atoms with Crippen molar-refractivity contribution in [2.45, 2.75) is 6.92 Å². The lowest BCUT2D eigenvalue weighted by Gasteiger charge is -2.28. The molecule has 3 aromatic heterocycles. The fourth-order valence-electron chi connectivity index (χ4n) is 3.92. The number of carbonyl (C=O) groups excluding carboxylic acids is 2. The maximum atomic E-state index is 12.2. The van der Waals surface area contributed by atoms with Gasteiger partial charge in [0.15, 0.2) is 6.29 Å². The molecule has 1 saturated heterocycles. The minimum Gasteiger partial charge on any atom is -0.378 e. The molecule has 0 spiro atoms. The van der Waals surface area contributed by atoms with Crippen LogP contribution in [0.5, 0.6) is 0 Å². The number of nitrogens with one attached hydrogen (secondary N) is 1. The molecule has 8 heteroatoms. The first-order valence-corrected chi connectivity index (χ1v) is 10.5. The van der Waals surface area contributed by atoms with E-state index in [0.717, 1.165) is 46.4 Å². The molecule has 1 aliphatic rings. The lowest BCUT2D eigenvalue weighted by Crippen LogP contribution is -2.36. The lowest BCUT2D eigenvalue weighted by molar-refractivity contribution is 0.100. The van der Waals surface area contributed by atoms with E-state index in [0.29, 0.717) is 40.4 Å². The van der Waals surface area contributed by atoms with Gasteiger partial charge < -0.3 is 20.4 Å². The number of aromatic nitrogens is 2. The normalized spacial score (nSPS) is 14.5. The predicted molar refractivity (Wildman–Crippen MR) is 119 cm³/mol. The summed E-state index contributed by atoms with van der Waals surface area (Å²) in [6.07, 6.45) is 0.843. The Morgan fingerprint density at radius 2 is 2.07 bits per heavy atom. The first-order chi connectivity index (χ1) is 14.5. The molecule has 0 aliphatic carbocycles. The number of thiophene rings is 1. The second kappa shape index (κ2) is 7.23. The number of aryl methyl sites for hydroxylation is 1. The first kappa shape index (κ1) is 18.8. The molecule has 0 unspecified atom stereocenters. The van der Waals surface area contributed by atoms with Crippen molar-refractivity contribution in [3.63, 3.8) is 0 Å². The Morgan fingerprint density at radius 3 is 2.77 bits per heavy atom. The molecule has 4 heterocycles. The second-order valence-corrected chi connectivity index (χ2v) is 8.46. The number of nitrogens with zero attached hydrogens (tertiary/aromatic N) is 2. The number of aldehydes is 1. The Hall–Kier alpha value is -3.23. The van der Waals surface area contributed by atoms with E-state index >= 15 is 0 Å². The zero-order valence-corrected chi connectivity index (χ0v) is 17.2. The van der Waals surface area contributed by atoms with Crippen LogP contribution < -0.4 is 10.6 Å². The van der Waals surface area contributed by atoms with Gasteiger partial charge in [0.1, 0.15) is 0 Å². The molecular formula is C22H20N4O3S. The molecule has 1 amide bonds. The van der Waals surface area contributed by atoms with Gasteiger partial charge in [0.2, 0.25) is 0 Å². The number of pyridine rings is 1. The van der Waals surface area contributed by atoms with E-state index in [9.17, 15) is 9.59 Å². The molecule has 0 radical (unpaired) electrons. The van der Waals surface area contributed by atoms with Crippen molar-refractivity contribution in [2.24, 2.45) is 5.73 Å². The molecule has 152 valence electrons. The van der Waals surface area contributed by atoms with Gasteiger partial charge in [0.05, 0.1) is 50.8 Å². The number of rotatable bonds is 4. The Balaban J connectivity index is 1.70. The van der Waals surface area contributed by atoms with Gasteiger partial charge >= 0.3 is 0 Å². The Bertz CT molecular complexity index is 1300. The van der Waals surface area contributed by atoms with Crippen molar-refractivity contribution in [1.29, 1.82) is 0 Å². The van der Waals surface area contributed by atoms with Gasteiger partial charge in [0, 0.05) is 24.2 Å². The highest BCUT2D eigenvalue weighted by atomic mass is 32.1. The van der Waals surface area contributed by atoms with E-state index in [1.807, 2.05) is 19.1 Å². The number of morpholine rings is 1. The van der Waals surface area contributed by atoms with Gasteiger partial charge in [-0.2, -0.15) is 0 Å². The van der Waals surface area contributed by atoms with Crippen LogP contribution in [0.2, 0.25) is 0 Å².